The fraction of sp³-hybridized carbons (Fsp3) is 0.312. The molecule has 21 heavy (non-hydrogen) atoms. The van der Waals surface area contributed by atoms with Gasteiger partial charge in [0, 0.05) is 11.3 Å². The van der Waals surface area contributed by atoms with Gasteiger partial charge in [0.15, 0.2) is 0 Å². The van der Waals surface area contributed by atoms with E-state index < -0.39 is 0 Å². The Morgan fingerprint density at radius 3 is 2.95 bits per heavy atom. The summed E-state index contributed by atoms with van der Waals surface area (Å²) in [4.78, 5) is 13.0. The maximum absolute atomic E-state index is 11.8. The van der Waals surface area contributed by atoms with Gasteiger partial charge < -0.3 is 15.4 Å². The van der Waals surface area contributed by atoms with Gasteiger partial charge in [-0.05, 0) is 35.6 Å². The summed E-state index contributed by atoms with van der Waals surface area (Å²) in [6.45, 7) is 3.14. The number of amides is 2. The van der Waals surface area contributed by atoms with Gasteiger partial charge in [0.05, 0.1) is 13.1 Å². The van der Waals surface area contributed by atoms with Crippen LogP contribution in [-0.2, 0) is 13.0 Å². The fourth-order valence-electron chi connectivity index (χ4n) is 2.38. The molecule has 2 aromatic rings. The monoisotopic (exact) mass is 302 g/mol. The van der Waals surface area contributed by atoms with Crippen LogP contribution in [0.3, 0.4) is 0 Å². The number of carbonyl (C=O) groups is 1. The van der Waals surface area contributed by atoms with E-state index in [1.54, 1.807) is 11.3 Å². The van der Waals surface area contributed by atoms with Crippen LogP contribution in [0.5, 0.6) is 5.75 Å². The highest BCUT2D eigenvalue weighted by Crippen LogP contribution is 2.27. The number of fused-ring (bicyclic) bond motifs is 1. The quantitative estimate of drug-likeness (QED) is 0.912. The van der Waals surface area contributed by atoms with Crippen LogP contribution in [0.15, 0.2) is 35.7 Å². The van der Waals surface area contributed by atoms with E-state index >= 15 is 0 Å². The van der Waals surface area contributed by atoms with Crippen molar-refractivity contribution in [1.82, 2.24) is 10.6 Å². The summed E-state index contributed by atoms with van der Waals surface area (Å²) in [6, 6.07) is 9.91. The van der Waals surface area contributed by atoms with E-state index in [2.05, 4.69) is 29.7 Å². The molecule has 0 saturated carbocycles. The summed E-state index contributed by atoms with van der Waals surface area (Å²) in [7, 11) is 0. The van der Waals surface area contributed by atoms with Crippen molar-refractivity contribution in [2.45, 2.75) is 26.0 Å². The molecule has 1 aromatic carbocycles. The molecule has 0 spiro atoms. The van der Waals surface area contributed by atoms with E-state index in [-0.39, 0.29) is 12.1 Å². The number of carbonyl (C=O) groups excluding carboxylic acids is 1. The molecular formula is C16H18N2O2S. The van der Waals surface area contributed by atoms with Crippen molar-refractivity contribution >= 4 is 17.4 Å². The molecule has 0 unspecified atom stereocenters. The fourth-order valence-corrected chi connectivity index (χ4v) is 3.23. The maximum Gasteiger partial charge on any atom is 0.315 e. The average molecular weight is 302 g/mol. The van der Waals surface area contributed by atoms with Gasteiger partial charge >= 0.3 is 6.03 Å². The van der Waals surface area contributed by atoms with Gasteiger partial charge in [-0.1, -0.05) is 18.2 Å². The summed E-state index contributed by atoms with van der Waals surface area (Å²) in [5, 5.41) is 7.78. The van der Waals surface area contributed by atoms with E-state index in [0.29, 0.717) is 13.1 Å². The molecule has 1 aromatic heterocycles. The smallest absolute Gasteiger partial charge is 0.315 e. The number of thiophene rings is 1. The summed E-state index contributed by atoms with van der Waals surface area (Å²) in [5.74, 6) is 0.930. The van der Waals surface area contributed by atoms with Gasteiger partial charge in [-0.15, -0.1) is 11.3 Å². The predicted molar refractivity (Wildman–Crippen MR) is 83.9 cm³/mol. The number of nitrogens with one attached hydrogen (secondary N) is 2. The van der Waals surface area contributed by atoms with E-state index in [9.17, 15) is 4.79 Å². The number of rotatable bonds is 4. The lowest BCUT2D eigenvalue weighted by Crippen LogP contribution is -2.40. The number of ether oxygens (including phenoxy) is 1. The second-order valence-electron chi connectivity index (χ2n) is 5.14. The first kappa shape index (κ1) is 13.9. The summed E-state index contributed by atoms with van der Waals surface area (Å²) in [5.41, 5.74) is 2.42. The zero-order valence-corrected chi connectivity index (χ0v) is 12.7. The van der Waals surface area contributed by atoms with Crippen molar-refractivity contribution in [3.05, 3.63) is 51.7 Å². The van der Waals surface area contributed by atoms with Gasteiger partial charge in [-0.3, -0.25) is 0 Å². The number of benzene rings is 1. The molecule has 110 valence electrons. The van der Waals surface area contributed by atoms with E-state index in [4.69, 9.17) is 4.74 Å². The zero-order chi connectivity index (χ0) is 14.7. The third-order valence-electron chi connectivity index (χ3n) is 3.58. The predicted octanol–water partition coefficient (Wildman–Crippen LogP) is 2.86. The largest absolute Gasteiger partial charge is 0.488 e. The molecule has 0 radical (unpaired) electrons. The number of para-hydroxylation sites is 1. The first-order valence-corrected chi connectivity index (χ1v) is 7.89. The van der Waals surface area contributed by atoms with Gasteiger partial charge in [0.2, 0.25) is 0 Å². The van der Waals surface area contributed by atoms with Gasteiger partial charge in [-0.2, -0.15) is 0 Å². The maximum atomic E-state index is 11.8. The molecule has 0 bridgehead atoms. The van der Waals surface area contributed by atoms with Crippen LogP contribution < -0.4 is 15.4 Å². The van der Waals surface area contributed by atoms with E-state index in [1.165, 1.54) is 16.0 Å². The molecule has 0 saturated heterocycles. The molecule has 1 aliphatic heterocycles. The lowest BCUT2D eigenvalue weighted by atomic mass is 10.1. The second kappa shape index (κ2) is 6.18. The van der Waals surface area contributed by atoms with Crippen molar-refractivity contribution < 1.29 is 9.53 Å². The standard InChI is InChI=1S/C16H18N2O2S/c1-11-6-7-21-15(11)10-18-16(19)17-9-13-8-12-4-2-3-5-14(12)20-13/h2-7,13H,8-10H2,1H3,(H2,17,18,19)/t13-/m1/s1. The summed E-state index contributed by atoms with van der Waals surface area (Å²) >= 11 is 1.66. The second-order valence-corrected chi connectivity index (χ2v) is 6.14. The average Bonchev–Trinajstić information content (AvgIpc) is 3.08. The Morgan fingerprint density at radius 2 is 2.19 bits per heavy atom. The lowest BCUT2D eigenvalue weighted by molar-refractivity contribution is 0.214. The molecule has 2 heterocycles. The first-order chi connectivity index (χ1) is 10.2. The van der Waals surface area contributed by atoms with E-state index in [0.717, 1.165) is 12.2 Å². The number of aryl methyl sites for hydroxylation is 1. The summed E-state index contributed by atoms with van der Waals surface area (Å²) in [6.07, 6.45) is 0.872. The molecule has 1 aliphatic rings. The lowest BCUT2D eigenvalue weighted by Gasteiger charge is -2.12. The molecule has 0 aliphatic carbocycles. The third-order valence-corrected chi connectivity index (χ3v) is 4.60. The van der Waals surface area contributed by atoms with Crippen molar-refractivity contribution in [2.24, 2.45) is 0 Å². The molecular weight excluding hydrogens is 284 g/mol. The molecule has 2 amide bonds. The number of hydrogen-bond donors (Lipinski definition) is 2. The minimum Gasteiger partial charge on any atom is -0.488 e. The van der Waals surface area contributed by atoms with Crippen LogP contribution in [-0.4, -0.2) is 18.7 Å². The van der Waals surface area contributed by atoms with Gasteiger partial charge in [-0.25, -0.2) is 4.79 Å². The topological polar surface area (TPSA) is 50.4 Å². The Balaban J connectivity index is 1.42. The zero-order valence-electron chi connectivity index (χ0n) is 11.9. The molecule has 3 rings (SSSR count). The summed E-state index contributed by atoms with van der Waals surface area (Å²) < 4.78 is 5.79. The Kier molecular flexibility index (Phi) is 4.10. The van der Waals surface area contributed by atoms with Crippen LogP contribution in [0.4, 0.5) is 4.79 Å². The molecule has 0 fully saturated rings. The Bertz CT molecular complexity index is 614. The van der Waals surface area contributed by atoms with E-state index in [1.807, 2.05) is 23.6 Å². The number of urea groups is 1. The molecule has 2 N–H and O–H groups in total. The van der Waals surface area contributed by atoms with Crippen LogP contribution in [0.2, 0.25) is 0 Å². The van der Waals surface area contributed by atoms with Crippen LogP contribution in [0, 0.1) is 6.92 Å². The van der Waals surface area contributed by atoms with Crippen molar-refractivity contribution in [2.75, 3.05) is 6.54 Å². The van der Waals surface area contributed by atoms with Gasteiger partial charge in [0.1, 0.15) is 11.9 Å². The van der Waals surface area contributed by atoms with Gasteiger partial charge in [0.25, 0.3) is 0 Å². The Labute approximate surface area is 128 Å². The van der Waals surface area contributed by atoms with Crippen LogP contribution >= 0.6 is 11.3 Å². The highest BCUT2D eigenvalue weighted by molar-refractivity contribution is 7.10. The minimum absolute atomic E-state index is 0.0247. The Hall–Kier alpha value is -2.01. The highest BCUT2D eigenvalue weighted by Gasteiger charge is 2.22. The Morgan fingerprint density at radius 1 is 1.33 bits per heavy atom. The molecule has 5 heteroatoms. The SMILES string of the molecule is Cc1ccsc1CNC(=O)NC[C@H]1Cc2ccccc2O1. The number of hydrogen-bond acceptors (Lipinski definition) is 3. The normalized spacial score (nSPS) is 16.1. The molecule has 4 nitrogen and oxygen atoms in total. The molecule has 1 atom stereocenters. The third kappa shape index (κ3) is 3.36. The van der Waals surface area contributed by atoms with Crippen molar-refractivity contribution in [3.8, 4) is 5.75 Å². The highest BCUT2D eigenvalue weighted by atomic mass is 32.1. The van der Waals surface area contributed by atoms with Crippen molar-refractivity contribution in [1.29, 1.82) is 0 Å². The van der Waals surface area contributed by atoms with Crippen LogP contribution in [0.25, 0.3) is 0 Å². The van der Waals surface area contributed by atoms with Crippen molar-refractivity contribution in [3.63, 3.8) is 0 Å². The van der Waals surface area contributed by atoms with Crippen LogP contribution in [0.1, 0.15) is 16.0 Å². The minimum atomic E-state index is -0.151. The first-order valence-electron chi connectivity index (χ1n) is 7.01.